The standard InChI is InChI=1S/C12H16N2OS/c1-8(15)6-13-9(2)10-5-12-11(14-7-10)3-4-16-12/h3-5,7-9,13,15H,6H2,1-2H3. The summed E-state index contributed by atoms with van der Waals surface area (Å²) in [6, 6.07) is 4.40. The molecule has 2 rings (SSSR count). The Morgan fingerprint density at radius 1 is 1.50 bits per heavy atom. The van der Waals surface area contributed by atoms with Crippen LogP contribution in [0, 0.1) is 0 Å². The number of nitrogens with zero attached hydrogens (tertiary/aromatic N) is 1. The zero-order chi connectivity index (χ0) is 11.5. The van der Waals surface area contributed by atoms with Crippen LogP contribution < -0.4 is 5.32 Å². The summed E-state index contributed by atoms with van der Waals surface area (Å²) >= 11 is 1.70. The van der Waals surface area contributed by atoms with Crippen molar-refractivity contribution in [3.05, 3.63) is 29.3 Å². The largest absolute Gasteiger partial charge is 0.392 e. The molecule has 2 aromatic rings. The normalized spacial score (nSPS) is 15.2. The van der Waals surface area contributed by atoms with Crippen LogP contribution in [-0.2, 0) is 0 Å². The number of hydrogen-bond acceptors (Lipinski definition) is 4. The van der Waals surface area contributed by atoms with Crippen LogP contribution >= 0.6 is 11.3 Å². The Morgan fingerprint density at radius 2 is 2.31 bits per heavy atom. The van der Waals surface area contributed by atoms with E-state index in [-0.39, 0.29) is 12.1 Å². The SMILES string of the molecule is CC(O)CNC(C)c1cnc2ccsc2c1. The van der Waals surface area contributed by atoms with Crippen molar-refractivity contribution in [2.24, 2.45) is 0 Å². The van der Waals surface area contributed by atoms with Crippen molar-refractivity contribution in [1.82, 2.24) is 10.3 Å². The molecule has 16 heavy (non-hydrogen) atoms. The van der Waals surface area contributed by atoms with E-state index < -0.39 is 0 Å². The molecule has 0 fully saturated rings. The molecular weight excluding hydrogens is 220 g/mol. The number of nitrogens with one attached hydrogen (secondary N) is 1. The van der Waals surface area contributed by atoms with Crippen molar-refractivity contribution in [2.75, 3.05) is 6.54 Å². The van der Waals surface area contributed by atoms with Crippen molar-refractivity contribution >= 4 is 21.6 Å². The van der Waals surface area contributed by atoms with E-state index >= 15 is 0 Å². The highest BCUT2D eigenvalue weighted by Crippen LogP contribution is 2.22. The number of fused-ring (bicyclic) bond motifs is 1. The molecule has 0 spiro atoms. The van der Waals surface area contributed by atoms with E-state index in [0.29, 0.717) is 6.54 Å². The monoisotopic (exact) mass is 236 g/mol. The Morgan fingerprint density at radius 3 is 3.06 bits per heavy atom. The second-order valence-corrected chi connectivity index (χ2v) is 5.00. The summed E-state index contributed by atoms with van der Waals surface area (Å²) in [4.78, 5) is 4.40. The van der Waals surface area contributed by atoms with Gasteiger partial charge in [0.2, 0.25) is 0 Å². The molecular formula is C12H16N2OS. The minimum atomic E-state index is -0.319. The third kappa shape index (κ3) is 2.58. The van der Waals surface area contributed by atoms with E-state index in [9.17, 15) is 5.11 Å². The van der Waals surface area contributed by atoms with Gasteiger partial charge in [-0.25, -0.2) is 0 Å². The highest BCUT2D eigenvalue weighted by Gasteiger charge is 2.07. The van der Waals surface area contributed by atoms with Gasteiger partial charge in [0.15, 0.2) is 0 Å². The summed E-state index contributed by atoms with van der Waals surface area (Å²) in [6.45, 7) is 4.46. The molecule has 86 valence electrons. The van der Waals surface area contributed by atoms with Gasteiger partial charge in [0.05, 0.1) is 16.3 Å². The van der Waals surface area contributed by atoms with Gasteiger partial charge < -0.3 is 10.4 Å². The highest BCUT2D eigenvalue weighted by atomic mass is 32.1. The second kappa shape index (κ2) is 4.91. The smallest absolute Gasteiger partial charge is 0.0809 e. The van der Waals surface area contributed by atoms with Crippen LogP contribution in [-0.4, -0.2) is 22.7 Å². The first-order valence-corrected chi connectivity index (χ1v) is 6.29. The molecule has 0 saturated carbocycles. The molecule has 0 bridgehead atoms. The van der Waals surface area contributed by atoms with E-state index in [1.54, 1.807) is 18.3 Å². The second-order valence-electron chi connectivity index (χ2n) is 4.05. The van der Waals surface area contributed by atoms with Gasteiger partial charge in [-0.05, 0) is 36.9 Å². The Labute approximate surface area is 99.1 Å². The third-order valence-corrected chi connectivity index (χ3v) is 3.40. The maximum atomic E-state index is 9.21. The molecule has 0 aromatic carbocycles. The topological polar surface area (TPSA) is 45.1 Å². The summed E-state index contributed by atoms with van der Waals surface area (Å²) in [7, 11) is 0. The minimum Gasteiger partial charge on any atom is -0.392 e. The fourth-order valence-corrected chi connectivity index (χ4v) is 2.35. The summed E-state index contributed by atoms with van der Waals surface area (Å²) in [5, 5.41) is 14.5. The maximum absolute atomic E-state index is 9.21. The zero-order valence-corrected chi connectivity index (χ0v) is 10.3. The molecule has 3 nitrogen and oxygen atoms in total. The van der Waals surface area contributed by atoms with Crippen LogP contribution in [0.5, 0.6) is 0 Å². The summed E-state index contributed by atoms with van der Waals surface area (Å²) in [5.74, 6) is 0. The first-order valence-electron chi connectivity index (χ1n) is 5.41. The van der Waals surface area contributed by atoms with Crippen LogP contribution in [0.2, 0.25) is 0 Å². The van der Waals surface area contributed by atoms with Gasteiger partial charge in [-0.2, -0.15) is 0 Å². The fourth-order valence-electron chi connectivity index (χ4n) is 1.56. The van der Waals surface area contributed by atoms with Gasteiger partial charge in [0.25, 0.3) is 0 Å². The van der Waals surface area contributed by atoms with Crippen molar-refractivity contribution < 1.29 is 5.11 Å². The number of rotatable bonds is 4. The van der Waals surface area contributed by atoms with Gasteiger partial charge in [-0.3, -0.25) is 4.98 Å². The van der Waals surface area contributed by atoms with E-state index in [1.165, 1.54) is 4.70 Å². The van der Waals surface area contributed by atoms with Crippen LogP contribution in [0.4, 0.5) is 0 Å². The average Bonchev–Trinajstić information content (AvgIpc) is 2.72. The Bertz CT molecular complexity index is 467. The van der Waals surface area contributed by atoms with Crippen molar-refractivity contribution in [3.63, 3.8) is 0 Å². The van der Waals surface area contributed by atoms with Crippen molar-refractivity contribution in [2.45, 2.75) is 26.0 Å². The van der Waals surface area contributed by atoms with Gasteiger partial charge in [-0.15, -0.1) is 11.3 Å². The number of thiophene rings is 1. The molecule has 2 heterocycles. The lowest BCUT2D eigenvalue weighted by atomic mass is 10.1. The van der Waals surface area contributed by atoms with Crippen LogP contribution in [0.1, 0.15) is 25.5 Å². The lowest BCUT2D eigenvalue weighted by molar-refractivity contribution is 0.187. The first kappa shape index (κ1) is 11.5. The van der Waals surface area contributed by atoms with E-state index in [2.05, 4.69) is 28.7 Å². The molecule has 2 atom stereocenters. The average molecular weight is 236 g/mol. The third-order valence-electron chi connectivity index (χ3n) is 2.54. The predicted octanol–water partition coefficient (Wildman–Crippen LogP) is 2.33. The molecule has 2 aromatic heterocycles. The lowest BCUT2D eigenvalue weighted by Gasteiger charge is -2.15. The molecule has 0 aliphatic carbocycles. The molecule has 0 saturated heterocycles. The highest BCUT2D eigenvalue weighted by molar-refractivity contribution is 7.17. The molecule has 0 amide bonds. The first-order chi connectivity index (χ1) is 7.66. The van der Waals surface area contributed by atoms with E-state index in [4.69, 9.17) is 0 Å². The van der Waals surface area contributed by atoms with Crippen molar-refractivity contribution in [1.29, 1.82) is 0 Å². The van der Waals surface area contributed by atoms with Gasteiger partial charge in [-0.1, -0.05) is 0 Å². The molecule has 0 aliphatic heterocycles. The Hall–Kier alpha value is -0.970. The molecule has 0 aliphatic rings. The maximum Gasteiger partial charge on any atom is 0.0809 e. The predicted molar refractivity (Wildman–Crippen MR) is 67.7 cm³/mol. The lowest BCUT2D eigenvalue weighted by Crippen LogP contribution is -2.27. The number of hydrogen-bond donors (Lipinski definition) is 2. The Kier molecular flexibility index (Phi) is 3.53. The van der Waals surface area contributed by atoms with Gasteiger partial charge >= 0.3 is 0 Å². The zero-order valence-electron chi connectivity index (χ0n) is 9.47. The van der Waals surface area contributed by atoms with E-state index in [1.807, 2.05) is 12.3 Å². The number of aromatic nitrogens is 1. The molecule has 2 unspecified atom stereocenters. The summed E-state index contributed by atoms with van der Waals surface area (Å²) in [6.07, 6.45) is 1.58. The minimum absolute atomic E-state index is 0.216. The van der Waals surface area contributed by atoms with Gasteiger partial charge in [0, 0.05) is 18.8 Å². The summed E-state index contributed by atoms with van der Waals surface area (Å²) < 4.78 is 1.21. The molecule has 4 heteroatoms. The molecule has 0 radical (unpaired) electrons. The Balaban J connectivity index is 2.12. The number of aliphatic hydroxyl groups excluding tert-OH is 1. The number of pyridine rings is 1. The van der Waals surface area contributed by atoms with Crippen LogP contribution in [0.3, 0.4) is 0 Å². The quantitative estimate of drug-likeness (QED) is 0.856. The number of aliphatic hydroxyl groups is 1. The van der Waals surface area contributed by atoms with Crippen molar-refractivity contribution in [3.8, 4) is 0 Å². The van der Waals surface area contributed by atoms with E-state index in [0.717, 1.165) is 11.1 Å². The summed E-state index contributed by atoms with van der Waals surface area (Å²) in [5.41, 5.74) is 2.21. The van der Waals surface area contributed by atoms with Crippen LogP contribution in [0.25, 0.3) is 10.2 Å². The fraction of sp³-hybridized carbons (Fsp3) is 0.417. The van der Waals surface area contributed by atoms with Crippen LogP contribution in [0.15, 0.2) is 23.7 Å². The molecule has 2 N–H and O–H groups in total. The van der Waals surface area contributed by atoms with Gasteiger partial charge in [0.1, 0.15) is 0 Å².